The van der Waals surface area contributed by atoms with Gasteiger partial charge in [0.1, 0.15) is 6.10 Å². The normalized spacial score (nSPS) is 39.7. The first-order chi connectivity index (χ1) is 9.24. The third-order valence-corrected chi connectivity index (χ3v) is 4.61. The van der Waals surface area contributed by atoms with Crippen molar-refractivity contribution in [2.75, 3.05) is 26.3 Å². The molecule has 0 spiro atoms. The van der Waals surface area contributed by atoms with Crippen LogP contribution in [0.2, 0.25) is 0 Å². The highest BCUT2D eigenvalue weighted by Gasteiger charge is 2.36. The molecule has 3 fully saturated rings. The minimum absolute atomic E-state index is 0.0651. The standard InChI is InChI=1S/C14H24N2O3/c15-11-4-3-10(8-11)14(17)16-5-7-19-13(9-16)12-2-1-6-18-12/h10-13H,1-9,15H2/t10-,11+,12+,13-/m0/s1. The zero-order valence-electron chi connectivity index (χ0n) is 11.4. The summed E-state index contributed by atoms with van der Waals surface area (Å²) in [5.74, 6) is 0.414. The fourth-order valence-electron chi connectivity index (χ4n) is 3.50. The van der Waals surface area contributed by atoms with E-state index in [4.69, 9.17) is 15.2 Å². The molecule has 2 N–H and O–H groups in total. The Balaban J connectivity index is 1.56. The second kappa shape index (κ2) is 5.77. The maximum Gasteiger partial charge on any atom is 0.225 e. The van der Waals surface area contributed by atoms with Crippen LogP contribution in [-0.2, 0) is 14.3 Å². The van der Waals surface area contributed by atoms with E-state index in [9.17, 15) is 4.79 Å². The molecule has 108 valence electrons. The average Bonchev–Trinajstić information content (AvgIpc) is 3.09. The Morgan fingerprint density at radius 3 is 2.63 bits per heavy atom. The number of hydrogen-bond donors (Lipinski definition) is 1. The van der Waals surface area contributed by atoms with Gasteiger partial charge in [-0.1, -0.05) is 0 Å². The molecule has 19 heavy (non-hydrogen) atoms. The minimum Gasteiger partial charge on any atom is -0.375 e. The molecular formula is C14H24N2O3. The van der Waals surface area contributed by atoms with Gasteiger partial charge in [-0.2, -0.15) is 0 Å². The Morgan fingerprint density at radius 1 is 1.11 bits per heavy atom. The molecule has 0 bridgehead atoms. The predicted octanol–water partition coefficient (Wildman–Crippen LogP) is 0.520. The highest BCUT2D eigenvalue weighted by atomic mass is 16.5. The monoisotopic (exact) mass is 268 g/mol. The van der Waals surface area contributed by atoms with E-state index in [0.717, 1.165) is 38.7 Å². The maximum atomic E-state index is 12.5. The lowest BCUT2D eigenvalue weighted by Gasteiger charge is -2.36. The number of amides is 1. The van der Waals surface area contributed by atoms with E-state index in [1.54, 1.807) is 0 Å². The van der Waals surface area contributed by atoms with Crippen LogP contribution in [0.4, 0.5) is 0 Å². The number of nitrogens with zero attached hydrogens (tertiary/aromatic N) is 1. The molecule has 4 atom stereocenters. The topological polar surface area (TPSA) is 64.8 Å². The molecule has 2 aliphatic heterocycles. The Kier molecular flexibility index (Phi) is 4.05. The molecule has 1 aliphatic carbocycles. The summed E-state index contributed by atoms with van der Waals surface area (Å²) in [6, 6.07) is 0.212. The summed E-state index contributed by atoms with van der Waals surface area (Å²) in [6.07, 6.45) is 5.19. The molecule has 5 heteroatoms. The number of carbonyl (C=O) groups is 1. The van der Waals surface area contributed by atoms with Crippen LogP contribution in [0.15, 0.2) is 0 Å². The number of carbonyl (C=O) groups excluding carboxylic acids is 1. The van der Waals surface area contributed by atoms with E-state index in [-0.39, 0.29) is 30.1 Å². The van der Waals surface area contributed by atoms with Gasteiger partial charge in [0.15, 0.2) is 0 Å². The molecular weight excluding hydrogens is 244 g/mol. The lowest BCUT2D eigenvalue weighted by atomic mass is 10.0. The zero-order valence-corrected chi connectivity index (χ0v) is 11.4. The van der Waals surface area contributed by atoms with Gasteiger partial charge in [-0.15, -0.1) is 0 Å². The fourth-order valence-corrected chi connectivity index (χ4v) is 3.50. The van der Waals surface area contributed by atoms with Crippen LogP contribution >= 0.6 is 0 Å². The highest BCUT2D eigenvalue weighted by Crippen LogP contribution is 2.28. The van der Waals surface area contributed by atoms with E-state index in [0.29, 0.717) is 19.7 Å². The molecule has 3 rings (SSSR count). The third kappa shape index (κ3) is 2.93. The number of morpholine rings is 1. The van der Waals surface area contributed by atoms with Crippen LogP contribution in [0.3, 0.4) is 0 Å². The fraction of sp³-hybridized carbons (Fsp3) is 0.929. The van der Waals surface area contributed by atoms with Crippen molar-refractivity contribution in [1.29, 1.82) is 0 Å². The van der Waals surface area contributed by atoms with E-state index in [1.807, 2.05) is 4.90 Å². The maximum absolute atomic E-state index is 12.5. The number of ether oxygens (including phenoxy) is 2. The van der Waals surface area contributed by atoms with Gasteiger partial charge in [-0.25, -0.2) is 0 Å². The summed E-state index contributed by atoms with van der Waals surface area (Å²) in [5.41, 5.74) is 5.90. The van der Waals surface area contributed by atoms with Crippen molar-refractivity contribution in [3.05, 3.63) is 0 Å². The van der Waals surface area contributed by atoms with Crippen LogP contribution in [0.1, 0.15) is 32.1 Å². The summed E-state index contributed by atoms with van der Waals surface area (Å²) >= 11 is 0. The van der Waals surface area contributed by atoms with E-state index < -0.39 is 0 Å². The van der Waals surface area contributed by atoms with E-state index in [1.165, 1.54) is 0 Å². The van der Waals surface area contributed by atoms with Crippen molar-refractivity contribution >= 4 is 5.91 Å². The van der Waals surface area contributed by atoms with Crippen molar-refractivity contribution in [1.82, 2.24) is 4.90 Å². The number of hydrogen-bond acceptors (Lipinski definition) is 4. The Labute approximate surface area is 114 Å². The SMILES string of the molecule is N[C@@H]1CC[C@H](C(=O)N2CCO[C@H]([C@H]3CCCO3)C2)C1. The Bertz CT molecular complexity index is 331. The Morgan fingerprint density at radius 2 is 1.95 bits per heavy atom. The van der Waals surface area contributed by atoms with Crippen molar-refractivity contribution < 1.29 is 14.3 Å². The molecule has 2 heterocycles. The molecule has 0 unspecified atom stereocenters. The van der Waals surface area contributed by atoms with Gasteiger partial charge >= 0.3 is 0 Å². The smallest absolute Gasteiger partial charge is 0.225 e. The zero-order chi connectivity index (χ0) is 13.2. The molecule has 3 aliphatic rings. The van der Waals surface area contributed by atoms with Crippen LogP contribution in [0.25, 0.3) is 0 Å². The first kappa shape index (κ1) is 13.3. The molecule has 5 nitrogen and oxygen atoms in total. The average molecular weight is 268 g/mol. The second-order valence-corrected chi connectivity index (χ2v) is 6.02. The molecule has 0 aromatic heterocycles. The quantitative estimate of drug-likeness (QED) is 0.793. The number of rotatable bonds is 2. The van der Waals surface area contributed by atoms with Gasteiger partial charge in [0.05, 0.1) is 12.7 Å². The first-order valence-electron chi connectivity index (χ1n) is 7.51. The largest absolute Gasteiger partial charge is 0.375 e. The second-order valence-electron chi connectivity index (χ2n) is 6.02. The molecule has 2 saturated heterocycles. The van der Waals surface area contributed by atoms with Gasteiger partial charge in [0, 0.05) is 31.7 Å². The van der Waals surface area contributed by atoms with Crippen LogP contribution in [0, 0.1) is 5.92 Å². The molecule has 0 aromatic rings. The van der Waals surface area contributed by atoms with E-state index in [2.05, 4.69) is 0 Å². The number of nitrogens with two attached hydrogens (primary N) is 1. The molecule has 1 saturated carbocycles. The van der Waals surface area contributed by atoms with Crippen molar-refractivity contribution in [3.8, 4) is 0 Å². The summed E-state index contributed by atoms with van der Waals surface area (Å²) in [6.45, 7) is 2.87. The molecule has 1 amide bonds. The van der Waals surface area contributed by atoms with Gasteiger partial charge in [-0.05, 0) is 32.1 Å². The first-order valence-corrected chi connectivity index (χ1v) is 7.51. The third-order valence-electron chi connectivity index (χ3n) is 4.61. The summed E-state index contributed by atoms with van der Waals surface area (Å²) in [5, 5.41) is 0. The van der Waals surface area contributed by atoms with E-state index >= 15 is 0 Å². The lowest BCUT2D eigenvalue weighted by molar-refractivity contribution is -0.148. The predicted molar refractivity (Wildman–Crippen MR) is 70.6 cm³/mol. The summed E-state index contributed by atoms with van der Waals surface area (Å²) < 4.78 is 11.5. The van der Waals surface area contributed by atoms with Crippen LogP contribution < -0.4 is 5.73 Å². The summed E-state index contributed by atoms with van der Waals surface area (Å²) in [4.78, 5) is 14.5. The van der Waals surface area contributed by atoms with Crippen molar-refractivity contribution in [2.45, 2.75) is 50.4 Å². The van der Waals surface area contributed by atoms with Crippen LogP contribution in [-0.4, -0.2) is 55.4 Å². The highest BCUT2D eigenvalue weighted by molar-refractivity contribution is 5.79. The molecule has 0 radical (unpaired) electrons. The van der Waals surface area contributed by atoms with Gasteiger partial charge in [0.2, 0.25) is 5.91 Å². The van der Waals surface area contributed by atoms with Gasteiger partial charge in [-0.3, -0.25) is 4.79 Å². The Hall–Kier alpha value is -0.650. The van der Waals surface area contributed by atoms with Crippen LogP contribution in [0.5, 0.6) is 0 Å². The van der Waals surface area contributed by atoms with Gasteiger partial charge < -0.3 is 20.1 Å². The lowest BCUT2D eigenvalue weighted by Crippen LogP contribution is -2.51. The van der Waals surface area contributed by atoms with Gasteiger partial charge in [0.25, 0.3) is 0 Å². The summed E-state index contributed by atoms with van der Waals surface area (Å²) in [7, 11) is 0. The molecule has 0 aromatic carbocycles. The minimum atomic E-state index is 0.0651. The van der Waals surface area contributed by atoms with Crippen molar-refractivity contribution in [2.24, 2.45) is 11.7 Å². The van der Waals surface area contributed by atoms with Crippen molar-refractivity contribution in [3.63, 3.8) is 0 Å².